The molecular weight excluding hydrogens is 350 g/mol. The van der Waals surface area contributed by atoms with Crippen molar-refractivity contribution in [3.05, 3.63) is 55.1 Å². The third-order valence-electron chi connectivity index (χ3n) is 2.21. The lowest BCUT2D eigenvalue weighted by atomic mass is 10.2. The third kappa shape index (κ3) is 2.81. The molecule has 0 radical (unpaired) electrons. The van der Waals surface area contributed by atoms with E-state index in [9.17, 15) is 4.79 Å². The van der Waals surface area contributed by atoms with Gasteiger partial charge in [0, 0.05) is 12.4 Å². The van der Waals surface area contributed by atoms with E-state index in [1.54, 1.807) is 18.6 Å². The quantitative estimate of drug-likeness (QED) is 0.828. The number of rotatable bonds is 2. The predicted octanol–water partition coefficient (Wildman–Crippen LogP) is 2.52. The van der Waals surface area contributed by atoms with Crippen LogP contribution in [-0.2, 0) is 6.54 Å². The monoisotopic (exact) mass is 357 g/mol. The minimum Gasteiger partial charge on any atom is -0.266 e. The summed E-state index contributed by atoms with van der Waals surface area (Å²) in [5.74, 6) is 0. The maximum absolute atomic E-state index is 11.9. The Labute approximate surface area is 115 Å². The average molecular weight is 359 g/mol. The number of aryl methyl sites for hydroxylation is 1. The molecule has 0 saturated heterocycles. The summed E-state index contributed by atoms with van der Waals surface area (Å²) in [6.45, 7) is 2.38. The van der Waals surface area contributed by atoms with Gasteiger partial charge in [-0.2, -0.15) is 5.10 Å². The molecule has 0 aliphatic carbocycles. The number of pyridine rings is 1. The molecule has 6 heteroatoms. The van der Waals surface area contributed by atoms with Crippen LogP contribution in [0, 0.1) is 6.92 Å². The Morgan fingerprint density at radius 2 is 2.06 bits per heavy atom. The Balaban J connectivity index is 2.37. The lowest BCUT2D eigenvalue weighted by molar-refractivity contribution is 0.631. The Morgan fingerprint density at radius 1 is 1.29 bits per heavy atom. The standard InChI is InChI=1S/C11H9Br2N3O/c1-7-2-8(4-14-3-7)6-16-11(17)10(13)9(12)5-15-16/h2-5H,6H2,1H3. The number of nitrogens with zero attached hydrogens (tertiary/aromatic N) is 3. The van der Waals surface area contributed by atoms with E-state index in [1.807, 2.05) is 13.0 Å². The molecule has 2 heterocycles. The average Bonchev–Trinajstić information content (AvgIpc) is 2.30. The fraction of sp³-hybridized carbons (Fsp3) is 0.182. The van der Waals surface area contributed by atoms with Crippen molar-refractivity contribution >= 4 is 31.9 Å². The highest BCUT2D eigenvalue weighted by atomic mass is 79.9. The van der Waals surface area contributed by atoms with Gasteiger partial charge in [0.15, 0.2) is 0 Å². The van der Waals surface area contributed by atoms with E-state index in [1.165, 1.54) is 4.68 Å². The van der Waals surface area contributed by atoms with Gasteiger partial charge >= 0.3 is 0 Å². The molecule has 17 heavy (non-hydrogen) atoms. The van der Waals surface area contributed by atoms with Crippen molar-refractivity contribution in [2.45, 2.75) is 13.5 Å². The minimum atomic E-state index is -0.166. The SMILES string of the molecule is Cc1cncc(Cn2ncc(Br)c(Br)c2=O)c1. The summed E-state index contributed by atoms with van der Waals surface area (Å²) in [4.78, 5) is 16.0. The second-order valence-corrected chi connectivity index (χ2v) is 5.29. The molecule has 0 spiro atoms. The fourth-order valence-electron chi connectivity index (χ4n) is 1.43. The summed E-state index contributed by atoms with van der Waals surface area (Å²) in [7, 11) is 0. The van der Waals surface area contributed by atoms with Gasteiger partial charge in [-0.25, -0.2) is 4.68 Å². The lowest BCUT2D eigenvalue weighted by Gasteiger charge is -2.06. The van der Waals surface area contributed by atoms with Gasteiger partial charge in [-0.3, -0.25) is 9.78 Å². The largest absolute Gasteiger partial charge is 0.282 e. The lowest BCUT2D eigenvalue weighted by Crippen LogP contribution is -2.24. The van der Waals surface area contributed by atoms with Gasteiger partial charge < -0.3 is 0 Å². The van der Waals surface area contributed by atoms with E-state index < -0.39 is 0 Å². The van der Waals surface area contributed by atoms with Crippen molar-refractivity contribution in [2.24, 2.45) is 0 Å². The maximum Gasteiger partial charge on any atom is 0.282 e. The van der Waals surface area contributed by atoms with Crippen LogP contribution < -0.4 is 5.56 Å². The summed E-state index contributed by atoms with van der Waals surface area (Å²) in [6, 6.07) is 1.98. The number of hydrogen-bond donors (Lipinski definition) is 0. The van der Waals surface area contributed by atoms with Crippen molar-refractivity contribution in [3.63, 3.8) is 0 Å². The van der Waals surface area contributed by atoms with E-state index >= 15 is 0 Å². The Bertz CT molecular complexity index is 610. The van der Waals surface area contributed by atoms with E-state index in [2.05, 4.69) is 41.9 Å². The van der Waals surface area contributed by atoms with Gasteiger partial charge in [0.25, 0.3) is 5.56 Å². The van der Waals surface area contributed by atoms with Crippen LogP contribution in [0.4, 0.5) is 0 Å². The zero-order valence-electron chi connectivity index (χ0n) is 9.02. The smallest absolute Gasteiger partial charge is 0.266 e. The highest BCUT2D eigenvalue weighted by Crippen LogP contribution is 2.16. The maximum atomic E-state index is 11.9. The van der Waals surface area contributed by atoms with E-state index in [0.717, 1.165) is 11.1 Å². The highest BCUT2D eigenvalue weighted by molar-refractivity contribution is 9.13. The first kappa shape index (κ1) is 12.4. The highest BCUT2D eigenvalue weighted by Gasteiger charge is 2.07. The molecule has 0 unspecified atom stereocenters. The molecule has 2 aromatic rings. The molecule has 0 aliphatic rings. The van der Waals surface area contributed by atoms with Crippen LogP contribution in [0.3, 0.4) is 0 Å². The summed E-state index contributed by atoms with van der Waals surface area (Å²) in [6.07, 6.45) is 5.10. The van der Waals surface area contributed by atoms with Crippen LogP contribution in [-0.4, -0.2) is 14.8 Å². The topological polar surface area (TPSA) is 47.8 Å². The van der Waals surface area contributed by atoms with Gasteiger partial charge in [-0.15, -0.1) is 0 Å². The molecule has 88 valence electrons. The predicted molar refractivity (Wildman–Crippen MR) is 72.0 cm³/mol. The summed E-state index contributed by atoms with van der Waals surface area (Å²) >= 11 is 6.46. The Morgan fingerprint density at radius 3 is 2.76 bits per heavy atom. The molecule has 0 amide bonds. The van der Waals surface area contributed by atoms with Crippen LogP contribution >= 0.6 is 31.9 Å². The molecule has 0 fully saturated rings. The van der Waals surface area contributed by atoms with Gasteiger partial charge in [0.05, 0.1) is 17.2 Å². The first-order valence-electron chi connectivity index (χ1n) is 4.89. The van der Waals surface area contributed by atoms with Crippen LogP contribution in [0.25, 0.3) is 0 Å². The van der Waals surface area contributed by atoms with Crippen molar-refractivity contribution in [1.82, 2.24) is 14.8 Å². The van der Waals surface area contributed by atoms with E-state index in [-0.39, 0.29) is 5.56 Å². The van der Waals surface area contributed by atoms with E-state index in [4.69, 9.17) is 0 Å². The van der Waals surface area contributed by atoms with Crippen LogP contribution in [0.5, 0.6) is 0 Å². The van der Waals surface area contributed by atoms with Crippen molar-refractivity contribution in [3.8, 4) is 0 Å². The van der Waals surface area contributed by atoms with Crippen LogP contribution in [0.2, 0.25) is 0 Å². The molecule has 2 aromatic heterocycles. The zero-order chi connectivity index (χ0) is 12.4. The Kier molecular flexibility index (Phi) is 3.73. The summed E-state index contributed by atoms with van der Waals surface area (Å²) in [5.41, 5.74) is 1.85. The van der Waals surface area contributed by atoms with E-state index in [0.29, 0.717) is 15.5 Å². The number of aromatic nitrogens is 3. The summed E-state index contributed by atoms with van der Waals surface area (Å²) < 4.78 is 2.53. The molecular formula is C11H9Br2N3O. The normalized spacial score (nSPS) is 10.5. The molecule has 4 nitrogen and oxygen atoms in total. The molecule has 0 aliphatic heterocycles. The first-order chi connectivity index (χ1) is 8.08. The van der Waals surface area contributed by atoms with Gasteiger partial charge in [-0.05, 0) is 49.9 Å². The molecule has 0 atom stereocenters. The molecule has 0 bridgehead atoms. The van der Waals surface area contributed by atoms with Crippen molar-refractivity contribution in [2.75, 3.05) is 0 Å². The molecule has 0 aromatic carbocycles. The number of hydrogen-bond acceptors (Lipinski definition) is 3. The van der Waals surface area contributed by atoms with Crippen molar-refractivity contribution < 1.29 is 0 Å². The third-order valence-corrected chi connectivity index (χ3v) is 4.11. The fourth-order valence-corrected chi connectivity index (χ4v) is 2.00. The first-order valence-corrected chi connectivity index (χ1v) is 6.48. The molecule has 0 N–H and O–H groups in total. The number of halogens is 2. The van der Waals surface area contributed by atoms with Gasteiger partial charge in [0.2, 0.25) is 0 Å². The zero-order valence-corrected chi connectivity index (χ0v) is 12.2. The molecule has 2 rings (SSSR count). The second kappa shape index (κ2) is 5.10. The molecule has 0 saturated carbocycles. The van der Waals surface area contributed by atoms with Gasteiger partial charge in [0.1, 0.15) is 4.47 Å². The second-order valence-electron chi connectivity index (χ2n) is 3.64. The van der Waals surface area contributed by atoms with Crippen LogP contribution in [0.15, 0.2) is 38.4 Å². The summed E-state index contributed by atoms with van der Waals surface area (Å²) in [5, 5.41) is 4.06. The van der Waals surface area contributed by atoms with Gasteiger partial charge in [-0.1, -0.05) is 6.07 Å². The Hall–Kier alpha value is -1.01. The minimum absolute atomic E-state index is 0.166. The van der Waals surface area contributed by atoms with Crippen molar-refractivity contribution in [1.29, 1.82) is 0 Å². The van der Waals surface area contributed by atoms with Crippen LogP contribution in [0.1, 0.15) is 11.1 Å².